The first-order valence-electron chi connectivity index (χ1n) is 9.62. The van der Waals surface area contributed by atoms with Gasteiger partial charge in [0.1, 0.15) is 5.75 Å². The van der Waals surface area contributed by atoms with E-state index in [-0.39, 0.29) is 11.3 Å². The van der Waals surface area contributed by atoms with Crippen LogP contribution in [-0.2, 0) is 7.05 Å². The van der Waals surface area contributed by atoms with Crippen LogP contribution >= 0.6 is 10.6 Å². The van der Waals surface area contributed by atoms with Crippen molar-refractivity contribution in [2.45, 2.75) is 43.4 Å². The third-order valence-corrected chi connectivity index (χ3v) is 7.26. The molecule has 1 aromatic carbocycles. The molecule has 2 N–H and O–H groups in total. The predicted octanol–water partition coefficient (Wildman–Crippen LogP) is 4.85. The Bertz CT molecular complexity index is 913. The van der Waals surface area contributed by atoms with Gasteiger partial charge >= 0.3 is 0 Å². The molecule has 1 heterocycles. The van der Waals surface area contributed by atoms with E-state index in [0.29, 0.717) is 23.3 Å². The highest BCUT2D eigenvalue weighted by molar-refractivity contribution is 8.24. The first-order chi connectivity index (χ1) is 12.9. The number of pyridine rings is 1. The summed E-state index contributed by atoms with van der Waals surface area (Å²) in [7, 11) is -1.05. The topological polar surface area (TPSA) is 71.7 Å². The van der Waals surface area contributed by atoms with Crippen LogP contribution in [0.4, 0.5) is 0 Å². The number of rotatable bonds is 7. The first-order valence-corrected chi connectivity index (χ1v) is 11.3. The molecule has 0 bridgehead atoms. The Morgan fingerprint density at radius 3 is 2.56 bits per heavy atom. The van der Waals surface area contributed by atoms with Gasteiger partial charge < -0.3 is 9.30 Å². The average Bonchev–Trinajstić information content (AvgIpc) is 3.55. The normalized spacial score (nSPS) is 17.8. The van der Waals surface area contributed by atoms with E-state index >= 15 is 0 Å². The fourth-order valence-corrected chi connectivity index (χ4v) is 4.22. The maximum absolute atomic E-state index is 12.5. The second kappa shape index (κ2) is 7.00. The number of nitrogens with zero attached hydrogens (tertiary/aromatic N) is 1. The highest BCUT2D eigenvalue weighted by Crippen LogP contribution is 2.50. The molecule has 2 aliphatic carbocycles. The predicted molar refractivity (Wildman–Crippen MR) is 109 cm³/mol. The molecule has 0 radical (unpaired) electrons. The van der Waals surface area contributed by atoms with Crippen LogP contribution in [0.5, 0.6) is 5.75 Å². The van der Waals surface area contributed by atoms with E-state index in [1.54, 1.807) is 24.6 Å². The van der Waals surface area contributed by atoms with E-state index in [4.69, 9.17) is 4.74 Å². The van der Waals surface area contributed by atoms with Crippen LogP contribution in [0.1, 0.15) is 44.1 Å². The van der Waals surface area contributed by atoms with E-state index in [1.807, 2.05) is 24.4 Å². The van der Waals surface area contributed by atoms with Crippen molar-refractivity contribution in [2.24, 2.45) is 13.0 Å². The molecular weight excluding hydrogens is 362 g/mol. The van der Waals surface area contributed by atoms with Gasteiger partial charge in [-0.15, -0.1) is 0 Å². The minimum atomic E-state index is -2.82. The Morgan fingerprint density at radius 1 is 1.19 bits per heavy atom. The zero-order valence-corrected chi connectivity index (χ0v) is 16.7. The lowest BCUT2D eigenvalue weighted by Gasteiger charge is -2.31. The van der Waals surface area contributed by atoms with Crippen molar-refractivity contribution in [2.75, 3.05) is 12.4 Å². The number of aryl methyl sites for hydroxylation is 1. The van der Waals surface area contributed by atoms with E-state index in [1.165, 1.54) is 12.8 Å². The van der Waals surface area contributed by atoms with Crippen molar-refractivity contribution < 1.29 is 13.8 Å². The maximum atomic E-state index is 12.5. The lowest BCUT2D eigenvalue weighted by atomic mass is 10.0. The lowest BCUT2D eigenvalue weighted by molar-refractivity contribution is 0.301. The molecule has 2 fully saturated rings. The van der Waals surface area contributed by atoms with Gasteiger partial charge in [0, 0.05) is 35.7 Å². The first kappa shape index (κ1) is 18.6. The Hall–Kier alpha value is -1.76. The van der Waals surface area contributed by atoms with E-state index in [9.17, 15) is 13.9 Å². The molecule has 2 aromatic rings. The summed E-state index contributed by atoms with van der Waals surface area (Å²) in [5.74, 6) is 1.97. The van der Waals surface area contributed by atoms with Gasteiger partial charge in [-0.3, -0.25) is 13.9 Å². The van der Waals surface area contributed by atoms with Crippen molar-refractivity contribution in [3.63, 3.8) is 0 Å². The Balaban J connectivity index is 1.80. The summed E-state index contributed by atoms with van der Waals surface area (Å²) in [6.07, 6.45) is 6.33. The Morgan fingerprint density at radius 2 is 1.93 bits per heavy atom. The van der Waals surface area contributed by atoms with Crippen LogP contribution in [0.15, 0.2) is 40.2 Å². The summed E-state index contributed by atoms with van der Waals surface area (Å²) in [5, 5.41) is 0. The smallest absolute Gasteiger partial charge is 0.253 e. The molecule has 5 nitrogen and oxygen atoms in total. The summed E-state index contributed by atoms with van der Waals surface area (Å²) in [5.41, 5.74) is 2.60. The second-order valence-electron chi connectivity index (χ2n) is 7.74. The van der Waals surface area contributed by atoms with Crippen LogP contribution in [0.2, 0.25) is 0 Å². The lowest BCUT2D eigenvalue weighted by Crippen LogP contribution is -2.20. The van der Waals surface area contributed by atoms with E-state index < -0.39 is 10.6 Å². The molecule has 27 heavy (non-hydrogen) atoms. The van der Waals surface area contributed by atoms with Crippen LogP contribution in [0.3, 0.4) is 0 Å². The average molecular weight is 390 g/mol. The van der Waals surface area contributed by atoms with Crippen molar-refractivity contribution in [3.8, 4) is 16.9 Å². The molecule has 0 saturated heterocycles. The zero-order valence-electron chi connectivity index (χ0n) is 15.9. The van der Waals surface area contributed by atoms with Gasteiger partial charge in [0.25, 0.3) is 5.56 Å². The standard InChI is InChI=1S/C21H27NO4S/c1-3-27(24,25)17-8-9-20(26-13-14-4-5-14)18(11-17)16-10-19(15-6-7-15)21(23)22(2)12-16/h8-12,14-15,24-25H,3-7,13H2,1-2H3. The quantitative estimate of drug-likeness (QED) is 0.710. The molecule has 6 heteroatoms. The fourth-order valence-electron chi connectivity index (χ4n) is 3.29. The number of ether oxygens (including phenoxy) is 1. The summed E-state index contributed by atoms with van der Waals surface area (Å²) >= 11 is 0. The molecule has 0 amide bonds. The van der Waals surface area contributed by atoms with Crippen LogP contribution in [-0.4, -0.2) is 26.0 Å². The zero-order chi connectivity index (χ0) is 19.2. The Labute approximate surface area is 161 Å². The van der Waals surface area contributed by atoms with Crippen LogP contribution < -0.4 is 10.3 Å². The van der Waals surface area contributed by atoms with E-state index in [0.717, 1.165) is 35.3 Å². The SMILES string of the molecule is CCS(O)(O)c1ccc(OCC2CC2)c(-c2cc(C3CC3)c(=O)n(C)c2)c1. The van der Waals surface area contributed by atoms with Gasteiger partial charge in [0.05, 0.1) is 11.5 Å². The van der Waals surface area contributed by atoms with Crippen LogP contribution in [0.25, 0.3) is 11.1 Å². The van der Waals surface area contributed by atoms with Crippen molar-refractivity contribution in [1.82, 2.24) is 4.57 Å². The highest BCUT2D eigenvalue weighted by Gasteiger charge is 2.28. The largest absolute Gasteiger partial charge is 0.493 e. The monoisotopic (exact) mass is 389 g/mol. The van der Waals surface area contributed by atoms with Gasteiger partial charge in [0.2, 0.25) is 0 Å². The third-order valence-electron chi connectivity index (χ3n) is 5.44. The number of hydrogen-bond donors (Lipinski definition) is 2. The molecule has 0 spiro atoms. The second-order valence-corrected chi connectivity index (χ2v) is 10.1. The third kappa shape index (κ3) is 3.93. The number of hydrogen-bond acceptors (Lipinski definition) is 4. The summed E-state index contributed by atoms with van der Waals surface area (Å²) < 4.78 is 28.4. The van der Waals surface area contributed by atoms with Gasteiger partial charge in [-0.2, -0.15) is 10.6 Å². The minimum Gasteiger partial charge on any atom is -0.493 e. The molecule has 146 valence electrons. The molecule has 0 unspecified atom stereocenters. The summed E-state index contributed by atoms with van der Waals surface area (Å²) in [4.78, 5) is 13.0. The van der Waals surface area contributed by atoms with Gasteiger partial charge in [-0.25, -0.2) is 0 Å². The summed E-state index contributed by atoms with van der Waals surface area (Å²) in [6.45, 7) is 2.45. The highest BCUT2D eigenvalue weighted by atomic mass is 32.3. The fraction of sp³-hybridized carbons (Fsp3) is 0.476. The van der Waals surface area contributed by atoms with E-state index in [2.05, 4.69) is 0 Å². The van der Waals surface area contributed by atoms with Crippen LogP contribution in [0, 0.1) is 5.92 Å². The molecular formula is C21H27NO4S. The molecule has 4 rings (SSSR count). The van der Waals surface area contributed by atoms with Crippen molar-refractivity contribution in [1.29, 1.82) is 0 Å². The van der Waals surface area contributed by atoms with Crippen molar-refractivity contribution >= 4 is 10.6 Å². The molecule has 0 atom stereocenters. The Kier molecular flexibility index (Phi) is 4.82. The van der Waals surface area contributed by atoms with Gasteiger partial charge in [-0.1, -0.05) is 0 Å². The van der Waals surface area contributed by atoms with Gasteiger partial charge in [0.15, 0.2) is 0 Å². The number of benzene rings is 1. The molecule has 0 aliphatic heterocycles. The molecule has 2 saturated carbocycles. The minimum absolute atomic E-state index is 0.0516. The number of aromatic nitrogens is 1. The van der Waals surface area contributed by atoms with Crippen molar-refractivity contribution in [3.05, 3.63) is 46.4 Å². The maximum Gasteiger partial charge on any atom is 0.253 e. The molecule has 2 aliphatic rings. The van der Waals surface area contributed by atoms with Gasteiger partial charge in [-0.05, 0) is 68.7 Å². The molecule has 1 aromatic heterocycles. The summed E-state index contributed by atoms with van der Waals surface area (Å²) in [6, 6.07) is 7.35.